The highest BCUT2D eigenvalue weighted by atomic mass is 16.4. The van der Waals surface area contributed by atoms with E-state index in [0.717, 1.165) is 38.5 Å². The van der Waals surface area contributed by atoms with Gasteiger partial charge in [0.05, 0.1) is 5.92 Å². The summed E-state index contributed by atoms with van der Waals surface area (Å²) in [5.74, 6) is -0.760. The fraction of sp³-hybridized carbons (Fsp3) is 0.769. The van der Waals surface area contributed by atoms with Gasteiger partial charge >= 0.3 is 5.97 Å². The Labute approximate surface area is 93.4 Å². The van der Waals surface area contributed by atoms with Crippen LogP contribution in [0.4, 0.5) is 0 Å². The zero-order valence-electron chi connectivity index (χ0n) is 10.0. The minimum Gasteiger partial charge on any atom is -0.481 e. The lowest BCUT2D eigenvalue weighted by atomic mass is 9.97. The quantitative estimate of drug-likeness (QED) is 0.463. The number of carbonyl (C=O) groups is 1. The molecule has 1 atom stereocenters. The first-order valence-electron chi connectivity index (χ1n) is 6.10. The number of carboxylic acid groups (broad SMARTS) is 1. The molecule has 0 radical (unpaired) electrons. The smallest absolute Gasteiger partial charge is 0.306 e. The van der Waals surface area contributed by atoms with Crippen LogP contribution < -0.4 is 0 Å². The molecule has 1 N–H and O–H groups in total. The standard InChI is InChI=1S/C13H24O2/c1-3-5-6-7-8-9-11-12(10-4-2)13(14)15/h6-7,12H,3-5,8-11H2,1-2H3,(H,14,15)/b7-6+. The molecule has 0 fully saturated rings. The van der Waals surface area contributed by atoms with E-state index in [1.807, 2.05) is 6.92 Å². The molecule has 2 heteroatoms. The molecule has 0 saturated carbocycles. The summed E-state index contributed by atoms with van der Waals surface area (Å²) in [6.45, 7) is 4.20. The van der Waals surface area contributed by atoms with Crippen LogP contribution in [0.15, 0.2) is 12.2 Å². The second-order valence-corrected chi connectivity index (χ2v) is 4.01. The van der Waals surface area contributed by atoms with Crippen LogP contribution in [0.1, 0.15) is 58.8 Å². The molecule has 0 aliphatic rings. The maximum atomic E-state index is 10.8. The average molecular weight is 212 g/mol. The van der Waals surface area contributed by atoms with Crippen LogP contribution >= 0.6 is 0 Å². The van der Waals surface area contributed by atoms with Gasteiger partial charge in [-0.2, -0.15) is 0 Å². The molecule has 2 nitrogen and oxygen atoms in total. The Bertz CT molecular complexity index is 185. The number of hydrogen-bond donors (Lipinski definition) is 1. The summed E-state index contributed by atoms with van der Waals surface area (Å²) in [6, 6.07) is 0. The lowest BCUT2D eigenvalue weighted by molar-refractivity contribution is -0.142. The molecule has 0 saturated heterocycles. The van der Waals surface area contributed by atoms with Crippen molar-refractivity contribution in [2.45, 2.75) is 58.8 Å². The van der Waals surface area contributed by atoms with Crippen molar-refractivity contribution in [2.24, 2.45) is 5.92 Å². The Kier molecular flexibility index (Phi) is 9.24. The monoisotopic (exact) mass is 212 g/mol. The minimum absolute atomic E-state index is 0.130. The Morgan fingerprint density at radius 1 is 1.13 bits per heavy atom. The predicted octanol–water partition coefficient (Wildman–Crippen LogP) is 4.01. The van der Waals surface area contributed by atoms with Gasteiger partial charge in [-0.05, 0) is 32.1 Å². The second kappa shape index (κ2) is 9.75. The molecule has 0 bridgehead atoms. The average Bonchev–Trinajstić information content (AvgIpc) is 2.21. The van der Waals surface area contributed by atoms with E-state index in [0.29, 0.717) is 0 Å². The van der Waals surface area contributed by atoms with Crippen LogP contribution in [-0.4, -0.2) is 11.1 Å². The molecule has 0 aliphatic heterocycles. The Morgan fingerprint density at radius 2 is 1.80 bits per heavy atom. The highest BCUT2D eigenvalue weighted by Crippen LogP contribution is 2.15. The third-order valence-corrected chi connectivity index (χ3v) is 2.53. The first-order chi connectivity index (χ1) is 7.22. The number of aliphatic carboxylic acids is 1. The Balaban J connectivity index is 3.57. The lowest BCUT2D eigenvalue weighted by Crippen LogP contribution is -2.13. The van der Waals surface area contributed by atoms with Crippen LogP contribution in [-0.2, 0) is 4.79 Å². The minimum atomic E-state index is -0.630. The van der Waals surface area contributed by atoms with E-state index >= 15 is 0 Å². The summed E-state index contributed by atoms with van der Waals surface area (Å²) >= 11 is 0. The van der Waals surface area contributed by atoms with Gasteiger partial charge in [0.25, 0.3) is 0 Å². The lowest BCUT2D eigenvalue weighted by Gasteiger charge is -2.09. The van der Waals surface area contributed by atoms with Crippen molar-refractivity contribution in [3.05, 3.63) is 12.2 Å². The zero-order chi connectivity index (χ0) is 11.5. The van der Waals surface area contributed by atoms with Gasteiger partial charge in [0.2, 0.25) is 0 Å². The third kappa shape index (κ3) is 8.22. The molecule has 0 spiro atoms. The Morgan fingerprint density at radius 3 is 2.33 bits per heavy atom. The molecule has 0 heterocycles. The van der Waals surface area contributed by atoms with Crippen LogP contribution in [0.25, 0.3) is 0 Å². The summed E-state index contributed by atoms with van der Waals surface area (Å²) in [4.78, 5) is 10.8. The summed E-state index contributed by atoms with van der Waals surface area (Å²) in [5, 5.41) is 8.93. The fourth-order valence-corrected chi connectivity index (χ4v) is 1.62. The zero-order valence-corrected chi connectivity index (χ0v) is 10.0. The van der Waals surface area contributed by atoms with Crippen molar-refractivity contribution in [3.63, 3.8) is 0 Å². The van der Waals surface area contributed by atoms with E-state index in [9.17, 15) is 4.79 Å². The molecular formula is C13H24O2. The maximum Gasteiger partial charge on any atom is 0.306 e. The summed E-state index contributed by atoms with van der Waals surface area (Å²) < 4.78 is 0. The van der Waals surface area contributed by atoms with Gasteiger partial charge < -0.3 is 5.11 Å². The van der Waals surface area contributed by atoms with Crippen LogP contribution in [0.5, 0.6) is 0 Å². The maximum absolute atomic E-state index is 10.8. The molecule has 0 rings (SSSR count). The van der Waals surface area contributed by atoms with Gasteiger partial charge in [0, 0.05) is 0 Å². The summed E-state index contributed by atoms with van der Waals surface area (Å²) in [5.41, 5.74) is 0. The molecule has 0 aromatic heterocycles. The van der Waals surface area contributed by atoms with Crippen LogP contribution in [0, 0.1) is 5.92 Å². The molecule has 1 unspecified atom stereocenters. The van der Waals surface area contributed by atoms with E-state index in [-0.39, 0.29) is 5.92 Å². The third-order valence-electron chi connectivity index (χ3n) is 2.53. The van der Waals surface area contributed by atoms with E-state index < -0.39 is 5.97 Å². The van der Waals surface area contributed by atoms with E-state index in [1.165, 1.54) is 6.42 Å². The highest BCUT2D eigenvalue weighted by molar-refractivity contribution is 5.69. The molecule has 0 amide bonds. The van der Waals surface area contributed by atoms with Crippen molar-refractivity contribution in [1.82, 2.24) is 0 Å². The molecule has 0 aliphatic carbocycles. The van der Waals surface area contributed by atoms with Crippen molar-refractivity contribution >= 4 is 5.97 Å². The molecule has 15 heavy (non-hydrogen) atoms. The normalized spacial score (nSPS) is 13.2. The van der Waals surface area contributed by atoms with Gasteiger partial charge in [-0.3, -0.25) is 4.79 Å². The van der Waals surface area contributed by atoms with Gasteiger partial charge in [0.15, 0.2) is 0 Å². The van der Waals surface area contributed by atoms with E-state index in [4.69, 9.17) is 5.11 Å². The summed E-state index contributed by atoms with van der Waals surface area (Å²) in [6.07, 6.45) is 11.3. The van der Waals surface area contributed by atoms with E-state index in [2.05, 4.69) is 19.1 Å². The van der Waals surface area contributed by atoms with Crippen LogP contribution in [0.2, 0.25) is 0 Å². The van der Waals surface area contributed by atoms with E-state index in [1.54, 1.807) is 0 Å². The number of carboxylic acids is 1. The number of hydrogen-bond acceptors (Lipinski definition) is 1. The van der Waals surface area contributed by atoms with Gasteiger partial charge in [-0.1, -0.05) is 38.8 Å². The topological polar surface area (TPSA) is 37.3 Å². The van der Waals surface area contributed by atoms with Crippen molar-refractivity contribution in [3.8, 4) is 0 Å². The highest BCUT2D eigenvalue weighted by Gasteiger charge is 2.14. The van der Waals surface area contributed by atoms with Crippen molar-refractivity contribution in [2.75, 3.05) is 0 Å². The van der Waals surface area contributed by atoms with Crippen molar-refractivity contribution < 1.29 is 9.90 Å². The fourth-order valence-electron chi connectivity index (χ4n) is 1.62. The first-order valence-corrected chi connectivity index (χ1v) is 6.10. The van der Waals surface area contributed by atoms with Gasteiger partial charge in [-0.15, -0.1) is 0 Å². The Hall–Kier alpha value is -0.790. The molecule has 88 valence electrons. The van der Waals surface area contributed by atoms with Crippen molar-refractivity contribution in [1.29, 1.82) is 0 Å². The van der Waals surface area contributed by atoms with Crippen LogP contribution in [0.3, 0.4) is 0 Å². The molecular weight excluding hydrogens is 188 g/mol. The van der Waals surface area contributed by atoms with Gasteiger partial charge in [0.1, 0.15) is 0 Å². The SMILES string of the molecule is CCC/C=C/CCCC(CCC)C(=O)O. The number of rotatable bonds is 9. The largest absolute Gasteiger partial charge is 0.481 e. The molecule has 0 aromatic rings. The first kappa shape index (κ1) is 14.2. The number of allylic oxidation sites excluding steroid dienone is 2. The summed E-state index contributed by atoms with van der Waals surface area (Å²) in [7, 11) is 0. The van der Waals surface area contributed by atoms with Gasteiger partial charge in [-0.25, -0.2) is 0 Å². The molecule has 0 aromatic carbocycles. The number of unbranched alkanes of at least 4 members (excludes halogenated alkanes) is 2. The second-order valence-electron chi connectivity index (χ2n) is 4.01. The predicted molar refractivity (Wildman–Crippen MR) is 63.9 cm³/mol.